The Morgan fingerprint density at radius 1 is 1.26 bits per heavy atom. The number of hydrogen-bond acceptors (Lipinski definition) is 4. The van der Waals surface area contributed by atoms with Crippen LogP contribution in [-0.2, 0) is 0 Å². The molecule has 4 nitrogen and oxygen atoms in total. The molecule has 0 atom stereocenters. The lowest BCUT2D eigenvalue weighted by atomic mass is 10.1. The third-order valence-electron chi connectivity index (χ3n) is 2.47. The van der Waals surface area contributed by atoms with E-state index in [1.165, 1.54) is 6.33 Å². The molecule has 96 valence electrons. The summed E-state index contributed by atoms with van der Waals surface area (Å²) >= 11 is 0. The molecule has 2 aromatic rings. The lowest BCUT2D eigenvalue weighted by Gasteiger charge is -2.04. The van der Waals surface area contributed by atoms with Gasteiger partial charge in [0.25, 0.3) is 0 Å². The van der Waals surface area contributed by atoms with Crippen LogP contribution in [0.15, 0.2) is 54.9 Å². The minimum Gasteiger partial charge on any atom is -0.473 e. The number of hydrogen-bond donors (Lipinski definition) is 0. The predicted octanol–water partition coefficient (Wildman–Crippen LogP) is 2.66. The van der Waals surface area contributed by atoms with Crippen molar-refractivity contribution in [1.29, 1.82) is 0 Å². The summed E-state index contributed by atoms with van der Waals surface area (Å²) in [6, 6.07) is 10.6. The number of rotatable bonds is 5. The van der Waals surface area contributed by atoms with Gasteiger partial charge in [-0.15, -0.1) is 0 Å². The summed E-state index contributed by atoms with van der Waals surface area (Å²) in [6.45, 7) is 2.33. The molecule has 0 radical (unpaired) electrons. The van der Waals surface area contributed by atoms with Gasteiger partial charge in [-0.05, 0) is 6.92 Å². The first-order chi connectivity index (χ1) is 9.31. The highest BCUT2D eigenvalue weighted by molar-refractivity contribution is 6.07. The highest BCUT2D eigenvalue weighted by atomic mass is 16.5. The van der Waals surface area contributed by atoms with Crippen LogP contribution in [0, 0.1) is 0 Å². The second-order valence-corrected chi connectivity index (χ2v) is 3.82. The van der Waals surface area contributed by atoms with E-state index in [1.807, 2.05) is 37.3 Å². The number of allylic oxidation sites excluding steroid dienone is 1. The van der Waals surface area contributed by atoms with E-state index in [1.54, 1.807) is 18.2 Å². The van der Waals surface area contributed by atoms with Gasteiger partial charge in [0.2, 0.25) is 11.7 Å². The standard InChI is InChI=1S/C15H14N2O2/c1-2-3-9-19-14-10-13(16-11-17-14)15(18)12-7-5-4-6-8-12/h2-8,10-11H,9H2,1H3/b3-2+. The second-order valence-electron chi connectivity index (χ2n) is 3.82. The van der Waals surface area contributed by atoms with E-state index in [2.05, 4.69) is 9.97 Å². The van der Waals surface area contributed by atoms with Crippen molar-refractivity contribution in [3.63, 3.8) is 0 Å². The molecule has 0 saturated heterocycles. The lowest BCUT2D eigenvalue weighted by Crippen LogP contribution is -2.05. The molecule has 1 aromatic heterocycles. The van der Waals surface area contributed by atoms with E-state index >= 15 is 0 Å². The second kappa shape index (κ2) is 6.44. The predicted molar refractivity (Wildman–Crippen MR) is 72.2 cm³/mol. The summed E-state index contributed by atoms with van der Waals surface area (Å²) < 4.78 is 5.38. The zero-order valence-electron chi connectivity index (χ0n) is 10.6. The van der Waals surface area contributed by atoms with E-state index in [-0.39, 0.29) is 5.78 Å². The van der Waals surface area contributed by atoms with E-state index in [9.17, 15) is 4.79 Å². The maximum Gasteiger partial charge on any atom is 0.217 e. The van der Waals surface area contributed by atoms with Gasteiger partial charge in [-0.25, -0.2) is 9.97 Å². The van der Waals surface area contributed by atoms with Crippen molar-refractivity contribution in [3.05, 3.63) is 66.1 Å². The van der Waals surface area contributed by atoms with E-state index in [4.69, 9.17) is 4.74 Å². The molecule has 1 aromatic carbocycles. The van der Waals surface area contributed by atoms with Gasteiger partial charge in [0.15, 0.2) is 0 Å². The summed E-state index contributed by atoms with van der Waals surface area (Å²) in [7, 11) is 0. The molecule has 0 fully saturated rings. The highest BCUT2D eigenvalue weighted by Crippen LogP contribution is 2.11. The van der Waals surface area contributed by atoms with E-state index < -0.39 is 0 Å². The van der Waals surface area contributed by atoms with Crippen molar-refractivity contribution < 1.29 is 9.53 Å². The fourth-order valence-electron chi connectivity index (χ4n) is 1.51. The molecule has 0 N–H and O–H groups in total. The van der Waals surface area contributed by atoms with Gasteiger partial charge >= 0.3 is 0 Å². The van der Waals surface area contributed by atoms with Gasteiger partial charge in [-0.1, -0.05) is 42.5 Å². The zero-order chi connectivity index (χ0) is 13.5. The molecule has 19 heavy (non-hydrogen) atoms. The van der Waals surface area contributed by atoms with Gasteiger partial charge in [0, 0.05) is 11.6 Å². The normalized spacial score (nSPS) is 10.6. The third-order valence-corrected chi connectivity index (χ3v) is 2.47. The average Bonchev–Trinajstić information content (AvgIpc) is 2.48. The number of carbonyl (C=O) groups is 1. The molecule has 4 heteroatoms. The quantitative estimate of drug-likeness (QED) is 0.608. The number of ketones is 1. The topological polar surface area (TPSA) is 52.1 Å². The zero-order valence-corrected chi connectivity index (χ0v) is 10.6. The van der Waals surface area contributed by atoms with Crippen molar-refractivity contribution in [2.24, 2.45) is 0 Å². The van der Waals surface area contributed by atoms with Crippen molar-refractivity contribution >= 4 is 5.78 Å². The van der Waals surface area contributed by atoms with Gasteiger partial charge in [-0.3, -0.25) is 4.79 Å². The van der Waals surface area contributed by atoms with Crippen molar-refractivity contribution in [3.8, 4) is 5.88 Å². The van der Waals surface area contributed by atoms with Crippen LogP contribution in [0.2, 0.25) is 0 Å². The monoisotopic (exact) mass is 254 g/mol. The minimum atomic E-state index is -0.140. The van der Waals surface area contributed by atoms with Gasteiger partial charge in [0.05, 0.1) is 0 Å². The molecule has 0 unspecified atom stereocenters. The Morgan fingerprint density at radius 2 is 2.05 bits per heavy atom. The first kappa shape index (κ1) is 13.0. The SMILES string of the molecule is C/C=C/COc1cc(C(=O)c2ccccc2)ncn1. The van der Waals surface area contributed by atoms with Crippen LogP contribution in [-0.4, -0.2) is 22.4 Å². The largest absolute Gasteiger partial charge is 0.473 e. The number of nitrogens with zero attached hydrogens (tertiary/aromatic N) is 2. The molecular weight excluding hydrogens is 240 g/mol. The molecule has 0 aliphatic heterocycles. The van der Waals surface area contributed by atoms with Crippen LogP contribution in [0.4, 0.5) is 0 Å². The first-order valence-electron chi connectivity index (χ1n) is 5.97. The third kappa shape index (κ3) is 3.48. The van der Waals surface area contributed by atoms with Gasteiger partial charge in [-0.2, -0.15) is 0 Å². The van der Waals surface area contributed by atoms with E-state index in [0.29, 0.717) is 23.7 Å². The van der Waals surface area contributed by atoms with Crippen molar-refractivity contribution in [2.75, 3.05) is 6.61 Å². The first-order valence-corrected chi connectivity index (χ1v) is 5.97. The number of benzene rings is 1. The number of aromatic nitrogens is 2. The molecule has 0 saturated carbocycles. The Bertz CT molecular complexity index is 580. The fourth-order valence-corrected chi connectivity index (χ4v) is 1.51. The number of ether oxygens (including phenoxy) is 1. The Labute approximate surface area is 111 Å². The van der Waals surface area contributed by atoms with Crippen LogP contribution in [0.3, 0.4) is 0 Å². The van der Waals surface area contributed by atoms with Gasteiger partial charge < -0.3 is 4.74 Å². The van der Waals surface area contributed by atoms with Crippen molar-refractivity contribution in [2.45, 2.75) is 6.92 Å². The fraction of sp³-hybridized carbons (Fsp3) is 0.133. The molecule has 0 spiro atoms. The van der Waals surface area contributed by atoms with Crippen LogP contribution in [0.25, 0.3) is 0 Å². The molecular formula is C15H14N2O2. The van der Waals surface area contributed by atoms with Crippen LogP contribution >= 0.6 is 0 Å². The van der Waals surface area contributed by atoms with Crippen LogP contribution in [0.1, 0.15) is 23.0 Å². The summed E-state index contributed by atoms with van der Waals surface area (Å²) in [6.07, 6.45) is 5.08. The van der Waals surface area contributed by atoms with Crippen LogP contribution in [0.5, 0.6) is 5.88 Å². The van der Waals surface area contributed by atoms with Crippen LogP contribution < -0.4 is 4.74 Å². The molecule has 2 rings (SSSR count). The van der Waals surface area contributed by atoms with Crippen molar-refractivity contribution in [1.82, 2.24) is 9.97 Å². The maximum atomic E-state index is 12.2. The Kier molecular flexibility index (Phi) is 4.39. The van der Waals surface area contributed by atoms with Gasteiger partial charge in [0.1, 0.15) is 18.6 Å². The molecule has 0 amide bonds. The molecule has 0 bridgehead atoms. The Balaban J connectivity index is 2.16. The average molecular weight is 254 g/mol. The number of carbonyl (C=O) groups excluding carboxylic acids is 1. The molecule has 0 aliphatic rings. The Morgan fingerprint density at radius 3 is 2.79 bits per heavy atom. The minimum absolute atomic E-state index is 0.140. The summed E-state index contributed by atoms with van der Waals surface area (Å²) in [4.78, 5) is 20.1. The molecule has 0 aliphatic carbocycles. The maximum absolute atomic E-state index is 12.2. The molecule has 1 heterocycles. The summed E-state index contributed by atoms with van der Waals surface area (Å²) in [5.74, 6) is 0.256. The lowest BCUT2D eigenvalue weighted by molar-refractivity contribution is 0.103. The summed E-state index contributed by atoms with van der Waals surface area (Å²) in [5, 5.41) is 0. The van der Waals surface area contributed by atoms with E-state index in [0.717, 1.165) is 0 Å². The summed E-state index contributed by atoms with van der Waals surface area (Å²) in [5.41, 5.74) is 0.928. The Hall–Kier alpha value is -2.49. The highest BCUT2D eigenvalue weighted by Gasteiger charge is 2.11. The smallest absolute Gasteiger partial charge is 0.217 e.